The summed E-state index contributed by atoms with van der Waals surface area (Å²) in [5, 5.41) is 10.4. The first-order valence-corrected chi connectivity index (χ1v) is 10.1. The predicted molar refractivity (Wildman–Crippen MR) is 94.3 cm³/mol. The molecule has 144 valence electrons. The molecule has 26 heavy (non-hydrogen) atoms. The maximum absolute atomic E-state index is 11.7. The molecule has 5 rings (SSSR count). The van der Waals surface area contributed by atoms with Crippen LogP contribution in [0.3, 0.4) is 0 Å². The quantitative estimate of drug-likeness (QED) is 0.617. The van der Waals surface area contributed by atoms with Crippen molar-refractivity contribution in [2.75, 3.05) is 13.2 Å². The van der Waals surface area contributed by atoms with Crippen molar-refractivity contribution in [3.05, 3.63) is 11.6 Å². The maximum atomic E-state index is 11.7. The Balaban J connectivity index is 1.47. The number of carbonyl (C=O) groups excluding carboxylic acids is 1. The second-order valence-corrected chi connectivity index (χ2v) is 9.81. The number of carbonyl (C=O) groups is 1. The minimum atomic E-state index is -0.888. The summed E-state index contributed by atoms with van der Waals surface area (Å²) < 4.78 is 17.5. The fourth-order valence-corrected chi connectivity index (χ4v) is 6.69. The van der Waals surface area contributed by atoms with Gasteiger partial charge in [0.05, 0.1) is 19.3 Å². The fourth-order valence-electron chi connectivity index (χ4n) is 6.69. The highest BCUT2D eigenvalue weighted by atomic mass is 16.8. The minimum Gasteiger partial charge on any atom is -0.365 e. The van der Waals surface area contributed by atoms with E-state index in [4.69, 9.17) is 14.2 Å². The van der Waals surface area contributed by atoms with Gasteiger partial charge in [0.1, 0.15) is 6.29 Å². The summed E-state index contributed by atoms with van der Waals surface area (Å²) >= 11 is 0. The van der Waals surface area contributed by atoms with Crippen LogP contribution in [0.15, 0.2) is 11.6 Å². The van der Waals surface area contributed by atoms with Gasteiger partial charge in [0.2, 0.25) is 0 Å². The van der Waals surface area contributed by atoms with E-state index in [0.29, 0.717) is 25.0 Å². The van der Waals surface area contributed by atoms with E-state index in [1.165, 1.54) is 0 Å². The number of ether oxygens (including phenoxy) is 3. The molecule has 3 heterocycles. The molecule has 1 N–H and O–H groups in total. The van der Waals surface area contributed by atoms with Crippen LogP contribution >= 0.6 is 0 Å². The summed E-state index contributed by atoms with van der Waals surface area (Å²) in [6.45, 7) is 8.13. The van der Waals surface area contributed by atoms with Crippen molar-refractivity contribution in [1.82, 2.24) is 0 Å². The number of hydrogen-bond acceptors (Lipinski definition) is 5. The summed E-state index contributed by atoms with van der Waals surface area (Å²) in [7, 11) is 0. The Hall–Kier alpha value is -0.750. The number of aliphatic hydroxyl groups excluding tert-OH is 1. The maximum Gasteiger partial charge on any atom is 0.189 e. The average molecular weight is 362 g/mol. The number of allylic oxidation sites excluding steroid dienone is 2. The highest BCUT2D eigenvalue weighted by molar-refractivity contribution is 5.76. The molecule has 3 aliphatic heterocycles. The molecule has 0 radical (unpaired) electrons. The van der Waals surface area contributed by atoms with E-state index in [0.717, 1.165) is 44.0 Å². The van der Waals surface area contributed by atoms with Gasteiger partial charge in [0.25, 0.3) is 0 Å². The molecule has 1 saturated carbocycles. The smallest absolute Gasteiger partial charge is 0.189 e. The van der Waals surface area contributed by atoms with Gasteiger partial charge in [-0.3, -0.25) is 4.79 Å². The molecule has 0 aromatic heterocycles. The molecular weight excluding hydrogens is 332 g/mol. The zero-order chi connectivity index (χ0) is 18.4. The monoisotopic (exact) mass is 362 g/mol. The van der Waals surface area contributed by atoms with Gasteiger partial charge < -0.3 is 19.3 Å². The Morgan fingerprint density at radius 3 is 2.54 bits per heavy atom. The lowest BCUT2D eigenvalue weighted by Gasteiger charge is -2.58. The SMILES string of the molecule is C[C@@H]1CC[C@]2(C)C(C=O)=CCC[C@H]2[C@]1(C)C[C@H]1OC(O)C2(CO2)[C@]12CO2. The van der Waals surface area contributed by atoms with E-state index in [1.54, 1.807) is 0 Å². The van der Waals surface area contributed by atoms with Crippen molar-refractivity contribution < 1.29 is 24.1 Å². The molecule has 0 aromatic carbocycles. The first kappa shape index (κ1) is 17.4. The van der Waals surface area contributed by atoms with Crippen LogP contribution in [0.5, 0.6) is 0 Å². The Kier molecular flexibility index (Phi) is 3.47. The van der Waals surface area contributed by atoms with Crippen LogP contribution in [0.25, 0.3) is 0 Å². The highest BCUT2D eigenvalue weighted by Crippen LogP contribution is 2.65. The third-order valence-corrected chi connectivity index (χ3v) is 8.86. The van der Waals surface area contributed by atoms with Crippen LogP contribution in [0.1, 0.15) is 52.9 Å². The van der Waals surface area contributed by atoms with Crippen LogP contribution < -0.4 is 0 Å². The number of epoxide rings is 2. The van der Waals surface area contributed by atoms with Gasteiger partial charge in [-0.2, -0.15) is 0 Å². The number of rotatable bonds is 3. The highest BCUT2D eigenvalue weighted by Gasteiger charge is 2.82. The van der Waals surface area contributed by atoms with Crippen molar-refractivity contribution in [2.45, 2.75) is 76.5 Å². The average Bonchev–Trinajstić information content (AvgIpc) is 3.49. The molecule has 5 aliphatic rings. The number of hydrogen-bond donors (Lipinski definition) is 1. The van der Waals surface area contributed by atoms with Crippen LogP contribution in [-0.2, 0) is 19.0 Å². The van der Waals surface area contributed by atoms with Crippen molar-refractivity contribution in [2.24, 2.45) is 22.7 Å². The normalized spacial score (nSPS) is 57.8. The van der Waals surface area contributed by atoms with Crippen molar-refractivity contribution in [3.8, 4) is 0 Å². The summed E-state index contributed by atoms with van der Waals surface area (Å²) in [5.41, 5.74) is -0.113. The fraction of sp³-hybridized carbons (Fsp3) is 0.857. The number of aliphatic hydroxyl groups is 1. The zero-order valence-corrected chi connectivity index (χ0v) is 16.0. The topological polar surface area (TPSA) is 71.6 Å². The van der Waals surface area contributed by atoms with Gasteiger partial charge >= 0.3 is 0 Å². The third-order valence-electron chi connectivity index (χ3n) is 8.86. The second-order valence-electron chi connectivity index (χ2n) is 9.81. The second kappa shape index (κ2) is 5.19. The lowest BCUT2D eigenvalue weighted by atomic mass is 9.46. The zero-order valence-electron chi connectivity index (χ0n) is 16.0. The largest absolute Gasteiger partial charge is 0.365 e. The van der Waals surface area contributed by atoms with E-state index in [-0.39, 0.29) is 16.9 Å². The molecule has 0 bridgehead atoms. The number of fused-ring (bicyclic) bond motifs is 2. The first-order chi connectivity index (χ1) is 12.3. The lowest BCUT2D eigenvalue weighted by Crippen LogP contribution is -2.53. The molecule has 2 aliphatic carbocycles. The first-order valence-electron chi connectivity index (χ1n) is 10.1. The molecule has 5 nitrogen and oxygen atoms in total. The van der Waals surface area contributed by atoms with E-state index in [1.807, 2.05) is 0 Å². The number of aldehydes is 1. The van der Waals surface area contributed by atoms with Crippen molar-refractivity contribution in [1.29, 1.82) is 0 Å². The molecule has 3 saturated heterocycles. The van der Waals surface area contributed by atoms with E-state index in [9.17, 15) is 9.90 Å². The Morgan fingerprint density at radius 2 is 1.92 bits per heavy atom. The Labute approximate surface area is 155 Å². The Bertz CT molecular complexity index is 663. The van der Waals surface area contributed by atoms with Crippen LogP contribution in [0, 0.1) is 22.7 Å². The molecule has 2 spiro atoms. The Morgan fingerprint density at radius 1 is 1.23 bits per heavy atom. The van der Waals surface area contributed by atoms with Crippen molar-refractivity contribution in [3.63, 3.8) is 0 Å². The van der Waals surface area contributed by atoms with Crippen molar-refractivity contribution >= 4 is 6.29 Å². The molecular formula is C21H30O5. The molecule has 8 atom stereocenters. The molecule has 4 fully saturated rings. The lowest BCUT2D eigenvalue weighted by molar-refractivity contribution is -0.138. The summed E-state index contributed by atoms with van der Waals surface area (Å²) in [5.74, 6) is 0.983. The van der Waals surface area contributed by atoms with Gasteiger partial charge in [-0.25, -0.2) is 0 Å². The van der Waals surface area contributed by atoms with Gasteiger partial charge in [-0.1, -0.05) is 26.8 Å². The molecule has 0 aromatic rings. The standard InChI is InChI=1S/C21H30O5/c1-13-7-8-18(2)14(10-22)5-4-6-15(18)19(13,3)9-16-20(11-24-20)21(12-25-21)17(23)26-16/h5,10,13,15-17,23H,4,6-9,11-12H2,1-3H3/t13-,15-,16-,17?,18-,19-,20+,21?/m1/s1. The molecule has 0 amide bonds. The molecule has 2 unspecified atom stereocenters. The predicted octanol–water partition coefficient (Wildman–Crippen LogP) is 2.61. The van der Waals surface area contributed by atoms with E-state index in [2.05, 4.69) is 26.8 Å². The van der Waals surface area contributed by atoms with E-state index >= 15 is 0 Å². The minimum absolute atomic E-state index is 0.0409. The van der Waals surface area contributed by atoms with Gasteiger partial charge in [0, 0.05) is 0 Å². The van der Waals surface area contributed by atoms with E-state index < -0.39 is 17.5 Å². The van der Waals surface area contributed by atoms with Crippen LogP contribution in [0.4, 0.5) is 0 Å². The summed E-state index contributed by atoms with van der Waals surface area (Å²) in [4.78, 5) is 11.7. The van der Waals surface area contributed by atoms with Crippen LogP contribution in [0.2, 0.25) is 0 Å². The van der Waals surface area contributed by atoms with Gasteiger partial charge in [-0.05, 0) is 60.3 Å². The third kappa shape index (κ3) is 1.93. The summed E-state index contributed by atoms with van der Waals surface area (Å²) in [6.07, 6.45) is 7.31. The van der Waals surface area contributed by atoms with Crippen LogP contribution in [-0.4, -0.2) is 48.2 Å². The summed E-state index contributed by atoms with van der Waals surface area (Å²) in [6, 6.07) is 0. The van der Waals surface area contributed by atoms with Gasteiger partial charge in [-0.15, -0.1) is 0 Å². The van der Waals surface area contributed by atoms with Gasteiger partial charge in [0.15, 0.2) is 17.5 Å². The molecule has 5 heteroatoms.